The van der Waals surface area contributed by atoms with E-state index in [1.54, 1.807) is 6.92 Å². The Morgan fingerprint density at radius 2 is 1.91 bits per heavy atom. The highest BCUT2D eigenvalue weighted by atomic mass is 16.2. The fourth-order valence-corrected chi connectivity index (χ4v) is 2.43. The SMILES string of the molecule is Cc1cc(C)c(CNC(=O)CCc2c(C)nc[nH]c2=O)c(=O)[nH]1. The zero-order valence-corrected chi connectivity index (χ0v) is 13.4. The fourth-order valence-electron chi connectivity index (χ4n) is 2.43. The van der Waals surface area contributed by atoms with Gasteiger partial charge in [0, 0.05) is 35.5 Å². The maximum atomic E-state index is 11.9. The Hall–Kier alpha value is -2.70. The summed E-state index contributed by atoms with van der Waals surface area (Å²) in [6.07, 6.45) is 1.82. The standard InChI is InChI=1S/C16H20N4O3/c1-9-6-10(2)20-16(23)13(9)7-17-14(21)5-4-12-11(3)18-8-19-15(12)22/h6,8H,4-5,7H2,1-3H3,(H,17,21)(H,20,23)(H,18,19,22). The lowest BCUT2D eigenvalue weighted by Gasteiger charge is -2.08. The Bertz CT molecular complexity index is 836. The van der Waals surface area contributed by atoms with Gasteiger partial charge in [-0.25, -0.2) is 4.98 Å². The molecule has 7 heteroatoms. The Balaban J connectivity index is 1.96. The zero-order chi connectivity index (χ0) is 17.0. The first-order chi connectivity index (χ1) is 10.9. The van der Waals surface area contributed by atoms with E-state index >= 15 is 0 Å². The number of aromatic nitrogens is 3. The van der Waals surface area contributed by atoms with Crippen molar-refractivity contribution in [1.29, 1.82) is 0 Å². The number of nitrogens with zero attached hydrogens (tertiary/aromatic N) is 1. The first-order valence-electron chi connectivity index (χ1n) is 7.37. The minimum absolute atomic E-state index is 0.165. The predicted octanol–water partition coefficient (Wildman–Crippen LogP) is 0.632. The van der Waals surface area contributed by atoms with Crippen LogP contribution in [0.25, 0.3) is 0 Å². The van der Waals surface area contributed by atoms with Gasteiger partial charge in [-0.2, -0.15) is 0 Å². The van der Waals surface area contributed by atoms with Crippen molar-refractivity contribution < 1.29 is 4.79 Å². The van der Waals surface area contributed by atoms with Crippen LogP contribution in [0.1, 0.15) is 34.5 Å². The molecule has 0 aliphatic carbocycles. The number of aryl methyl sites for hydroxylation is 3. The van der Waals surface area contributed by atoms with Crippen molar-refractivity contribution in [2.75, 3.05) is 0 Å². The minimum Gasteiger partial charge on any atom is -0.352 e. The molecule has 2 heterocycles. The zero-order valence-electron chi connectivity index (χ0n) is 13.4. The van der Waals surface area contributed by atoms with Crippen LogP contribution in [0, 0.1) is 20.8 Å². The monoisotopic (exact) mass is 316 g/mol. The summed E-state index contributed by atoms with van der Waals surface area (Å²) >= 11 is 0. The molecule has 0 saturated carbocycles. The smallest absolute Gasteiger partial charge is 0.254 e. The molecule has 0 aliphatic rings. The predicted molar refractivity (Wildman–Crippen MR) is 86.3 cm³/mol. The molecule has 0 unspecified atom stereocenters. The molecule has 0 aliphatic heterocycles. The fraction of sp³-hybridized carbons (Fsp3) is 0.375. The summed E-state index contributed by atoms with van der Waals surface area (Å²) in [6.45, 7) is 5.55. The van der Waals surface area contributed by atoms with E-state index < -0.39 is 0 Å². The summed E-state index contributed by atoms with van der Waals surface area (Å²) in [5, 5.41) is 2.72. The highest BCUT2D eigenvalue weighted by Crippen LogP contribution is 2.04. The van der Waals surface area contributed by atoms with Crippen LogP contribution < -0.4 is 16.4 Å². The number of pyridine rings is 1. The molecule has 0 spiro atoms. The van der Waals surface area contributed by atoms with Crippen molar-refractivity contribution in [1.82, 2.24) is 20.3 Å². The van der Waals surface area contributed by atoms with E-state index in [0.29, 0.717) is 23.2 Å². The molecule has 2 aromatic heterocycles. The van der Waals surface area contributed by atoms with Gasteiger partial charge in [0.1, 0.15) is 0 Å². The van der Waals surface area contributed by atoms with Gasteiger partial charge in [0.05, 0.1) is 6.33 Å². The molecule has 2 aromatic rings. The van der Waals surface area contributed by atoms with Crippen molar-refractivity contribution in [2.24, 2.45) is 0 Å². The molecule has 122 valence electrons. The van der Waals surface area contributed by atoms with E-state index in [2.05, 4.69) is 20.3 Å². The largest absolute Gasteiger partial charge is 0.352 e. The third-order valence-electron chi connectivity index (χ3n) is 3.72. The molecule has 0 radical (unpaired) electrons. The topological polar surface area (TPSA) is 108 Å². The van der Waals surface area contributed by atoms with Gasteiger partial charge in [-0.1, -0.05) is 0 Å². The van der Waals surface area contributed by atoms with Gasteiger partial charge >= 0.3 is 0 Å². The molecular formula is C16H20N4O3. The lowest BCUT2D eigenvalue weighted by atomic mass is 10.1. The van der Waals surface area contributed by atoms with Gasteiger partial charge < -0.3 is 15.3 Å². The van der Waals surface area contributed by atoms with Crippen LogP contribution in [0.3, 0.4) is 0 Å². The van der Waals surface area contributed by atoms with Gasteiger partial charge in [0.2, 0.25) is 5.91 Å². The summed E-state index contributed by atoms with van der Waals surface area (Å²) in [6, 6.07) is 1.86. The van der Waals surface area contributed by atoms with Crippen LogP contribution in [-0.4, -0.2) is 20.9 Å². The highest BCUT2D eigenvalue weighted by molar-refractivity contribution is 5.76. The number of H-pyrrole nitrogens is 2. The van der Waals surface area contributed by atoms with E-state index in [1.165, 1.54) is 6.33 Å². The molecule has 3 N–H and O–H groups in total. The number of carbonyl (C=O) groups excluding carboxylic acids is 1. The quantitative estimate of drug-likeness (QED) is 0.752. The molecule has 0 bridgehead atoms. The van der Waals surface area contributed by atoms with E-state index in [4.69, 9.17) is 0 Å². The van der Waals surface area contributed by atoms with Gasteiger partial charge in [-0.05, 0) is 38.8 Å². The number of amides is 1. The maximum Gasteiger partial charge on any atom is 0.254 e. The summed E-state index contributed by atoms with van der Waals surface area (Å²) in [4.78, 5) is 44.7. The average molecular weight is 316 g/mol. The lowest BCUT2D eigenvalue weighted by Crippen LogP contribution is -2.28. The Morgan fingerprint density at radius 1 is 1.17 bits per heavy atom. The molecule has 0 saturated heterocycles. The van der Waals surface area contributed by atoms with Crippen LogP contribution in [0.2, 0.25) is 0 Å². The lowest BCUT2D eigenvalue weighted by molar-refractivity contribution is -0.121. The average Bonchev–Trinajstić information content (AvgIpc) is 2.45. The number of nitrogens with one attached hydrogen (secondary N) is 3. The molecule has 1 amide bonds. The number of hydrogen-bond acceptors (Lipinski definition) is 4. The minimum atomic E-state index is -0.226. The van der Waals surface area contributed by atoms with Gasteiger partial charge in [-0.3, -0.25) is 14.4 Å². The van der Waals surface area contributed by atoms with Gasteiger partial charge in [-0.15, -0.1) is 0 Å². The number of rotatable bonds is 5. The molecule has 2 rings (SSSR count). The molecule has 0 fully saturated rings. The Morgan fingerprint density at radius 3 is 2.57 bits per heavy atom. The Labute approximate surface area is 133 Å². The second-order valence-corrected chi connectivity index (χ2v) is 5.52. The third kappa shape index (κ3) is 4.15. The van der Waals surface area contributed by atoms with Crippen molar-refractivity contribution >= 4 is 5.91 Å². The van der Waals surface area contributed by atoms with Crippen molar-refractivity contribution in [3.8, 4) is 0 Å². The normalized spacial score (nSPS) is 10.6. The number of carbonyl (C=O) groups is 1. The molecule has 0 aromatic carbocycles. The van der Waals surface area contributed by atoms with E-state index in [-0.39, 0.29) is 30.0 Å². The number of aromatic amines is 2. The maximum absolute atomic E-state index is 11.9. The van der Waals surface area contributed by atoms with Gasteiger partial charge in [0.25, 0.3) is 11.1 Å². The highest BCUT2D eigenvalue weighted by Gasteiger charge is 2.10. The van der Waals surface area contributed by atoms with Crippen LogP contribution in [-0.2, 0) is 17.8 Å². The Kier molecular flexibility index (Phi) is 5.10. The summed E-state index contributed by atoms with van der Waals surface area (Å²) in [5.74, 6) is -0.216. The molecule has 7 nitrogen and oxygen atoms in total. The van der Waals surface area contributed by atoms with Crippen LogP contribution in [0.5, 0.6) is 0 Å². The molecule has 23 heavy (non-hydrogen) atoms. The first-order valence-corrected chi connectivity index (χ1v) is 7.37. The van der Waals surface area contributed by atoms with E-state index in [9.17, 15) is 14.4 Å². The van der Waals surface area contributed by atoms with E-state index in [0.717, 1.165) is 11.3 Å². The second kappa shape index (κ2) is 7.04. The third-order valence-corrected chi connectivity index (χ3v) is 3.72. The van der Waals surface area contributed by atoms with E-state index in [1.807, 2.05) is 19.9 Å². The number of hydrogen-bond donors (Lipinski definition) is 3. The van der Waals surface area contributed by atoms with Crippen molar-refractivity contribution in [2.45, 2.75) is 40.2 Å². The molecular weight excluding hydrogens is 296 g/mol. The summed E-state index contributed by atoms with van der Waals surface area (Å²) in [5.41, 5.74) is 2.87. The second-order valence-electron chi connectivity index (χ2n) is 5.52. The van der Waals surface area contributed by atoms with Crippen LogP contribution in [0.15, 0.2) is 22.0 Å². The summed E-state index contributed by atoms with van der Waals surface area (Å²) in [7, 11) is 0. The van der Waals surface area contributed by atoms with Crippen LogP contribution in [0.4, 0.5) is 0 Å². The van der Waals surface area contributed by atoms with Gasteiger partial charge in [0.15, 0.2) is 0 Å². The molecule has 0 atom stereocenters. The van der Waals surface area contributed by atoms with Crippen molar-refractivity contribution in [3.05, 3.63) is 61.2 Å². The summed E-state index contributed by atoms with van der Waals surface area (Å²) < 4.78 is 0. The first kappa shape index (κ1) is 16.7. The van der Waals surface area contributed by atoms with Crippen molar-refractivity contribution in [3.63, 3.8) is 0 Å². The van der Waals surface area contributed by atoms with Crippen LogP contribution >= 0.6 is 0 Å².